The molecule has 30 heavy (non-hydrogen) atoms. The van der Waals surface area contributed by atoms with E-state index < -0.39 is 10.0 Å². The van der Waals surface area contributed by atoms with Crippen LogP contribution in [0.25, 0.3) is 0 Å². The van der Waals surface area contributed by atoms with E-state index in [9.17, 15) is 13.2 Å². The van der Waals surface area contributed by atoms with Gasteiger partial charge in [0.05, 0.1) is 19.2 Å². The van der Waals surface area contributed by atoms with E-state index in [4.69, 9.17) is 14.6 Å². The lowest BCUT2D eigenvalue weighted by atomic mass is 9.74. The molecular formula is C20H26N4O5S. The second-order valence-corrected chi connectivity index (χ2v) is 9.97. The Hall–Kier alpha value is -2.30. The van der Waals surface area contributed by atoms with Gasteiger partial charge in [-0.25, -0.2) is 28.4 Å². The van der Waals surface area contributed by atoms with Gasteiger partial charge in [-0.1, -0.05) is 24.3 Å². The number of nitrogens with two attached hydrogens (primary N) is 1. The van der Waals surface area contributed by atoms with Crippen molar-refractivity contribution in [2.24, 2.45) is 10.6 Å². The number of urea groups is 1. The summed E-state index contributed by atoms with van der Waals surface area (Å²) in [5.74, 6) is 0.173. The first-order chi connectivity index (χ1) is 14.4. The molecule has 1 atom stereocenters. The number of nitrogens with one attached hydrogen (secondary N) is 1. The zero-order chi connectivity index (χ0) is 20.9. The van der Waals surface area contributed by atoms with Gasteiger partial charge in [-0.05, 0) is 30.4 Å². The van der Waals surface area contributed by atoms with E-state index in [-0.39, 0.29) is 34.8 Å². The molecule has 0 aromatic heterocycles. The van der Waals surface area contributed by atoms with Crippen molar-refractivity contribution in [3.8, 4) is 0 Å². The van der Waals surface area contributed by atoms with E-state index in [2.05, 4.69) is 17.4 Å². The lowest BCUT2D eigenvalue weighted by Gasteiger charge is -2.41. The van der Waals surface area contributed by atoms with Crippen LogP contribution < -0.4 is 10.5 Å². The number of benzene rings is 1. The Morgan fingerprint density at radius 2 is 1.97 bits per heavy atom. The van der Waals surface area contributed by atoms with Gasteiger partial charge in [0.1, 0.15) is 4.91 Å². The molecule has 0 bridgehead atoms. The quantitative estimate of drug-likeness (QED) is 0.723. The number of primary sulfonamides is 1. The molecule has 4 aliphatic rings. The fourth-order valence-corrected chi connectivity index (χ4v) is 5.87. The van der Waals surface area contributed by atoms with E-state index in [1.807, 2.05) is 12.1 Å². The minimum absolute atomic E-state index is 0.0510. The smallest absolute Gasteiger partial charge is 0.337 e. The maximum atomic E-state index is 13.4. The summed E-state index contributed by atoms with van der Waals surface area (Å²) in [7, 11) is -3.97. The molecule has 162 valence electrons. The van der Waals surface area contributed by atoms with Crippen LogP contribution in [-0.2, 0) is 25.9 Å². The Kier molecular flexibility index (Phi) is 4.68. The first kappa shape index (κ1) is 19.7. The van der Waals surface area contributed by atoms with E-state index in [0.29, 0.717) is 32.8 Å². The number of rotatable bonds is 2. The summed E-state index contributed by atoms with van der Waals surface area (Å²) in [6.45, 7) is 2.13. The van der Waals surface area contributed by atoms with Crippen LogP contribution >= 0.6 is 0 Å². The van der Waals surface area contributed by atoms with Crippen molar-refractivity contribution < 1.29 is 22.7 Å². The second kappa shape index (κ2) is 7.14. The molecule has 2 amide bonds. The number of sulfonamides is 1. The molecule has 0 radical (unpaired) electrons. The Morgan fingerprint density at radius 1 is 1.20 bits per heavy atom. The number of nitrogens with zero attached hydrogens (tertiary/aromatic N) is 2. The normalized spacial score (nSPS) is 25.2. The summed E-state index contributed by atoms with van der Waals surface area (Å²) in [5.41, 5.74) is 2.28. The summed E-state index contributed by atoms with van der Waals surface area (Å²) in [4.78, 5) is 13.3. The molecule has 3 aliphatic heterocycles. The van der Waals surface area contributed by atoms with Crippen molar-refractivity contribution in [2.45, 2.75) is 31.7 Å². The van der Waals surface area contributed by atoms with Crippen molar-refractivity contribution in [1.29, 1.82) is 0 Å². The third-order valence-electron chi connectivity index (χ3n) is 6.67. The Bertz CT molecular complexity index is 1000. The number of ether oxygens (including phenoxy) is 2. The molecular weight excluding hydrogens is 408 g/mol. The van der Waals surface area contributed by atoms with E-state index in [1.54, 1.807) is 5.01 Å². The van der Waals surface area contributed by atoms with Crippen LogP contribution in [0.1, 0.15) is 36.4 Å². The topological polar surface area (TPSA) is 114 Å². The van der Waals surface area contributed by atoms with Gasteiger partial charge in [-0.15, -0.1) is 0 Å². The van der Waals surface area contributed by atoms with E-state index >= 15 is 0 Å². The third-order valence-corrected chi connectivity index (χ3v) is 7.66. The largest absolute Gasteiger partial charge is 0.477 e. The number of hydrogen-bond acceptors (Lipinski definition) is 6. The van der Waals surface area contributed by atoms with Gasteiger partial charge < -0.3 is 14.8 Å². The Balaban J connectivity index is 1.43. The molecule has 0 saturated carbocycles. The van der Waals surface area contributed by atoms with Crippen LogP contribution in [0.3, 0.4) is 0 Å². The highest BCUT2D eigenvalue weighted by atomic mass is 32.2. The molecule has 2 saturated heterocycles. The van der Waals surface area contributed by atoms with Gasteiger partial charge in [0.15, 0.2) is 0 Å². The van der Waals surface area contributed by atoms with Crippen LogP contribution in [0.4, 0.5) is 4.79 Å². The minimum Gasteiger partial charge on any atom is -0.477 e. The third kappa shape index (κ3) is 3.14. The molecule has 1 unspecified atom stereocenters. The average Bonchev–Trinajstić information content (AvgIpc) is 3.25. The highest BCUT2D eigenvalue weighted by molar-refractivity contribution is 7.93. The number of carbonyl (C=O) groups is 1. The van der Waals surface area contributed by atoms with Crippen molar-refractivity contribution in [3.05, 3.63) is 46.2 Å². The lowest BCUT2D eigenvalue weighted by Crippen LogP contribution is -2.52. The molecule has 3 heterocycles. The first-order valence-electron chi connectivity index (χ1n) is 10.3. The van der Waals surface area contributed by atoms with Crippen LogP contribution in [0.5, 0.6) is 0 Å². The van der Waals surface area contributed by atoms with Crippen LogP contribution in [-0.4, -0.2) is 57.4 Å². The fraction of sp³-hybridized carbons (Fsp3) is 0.550. The fourth-order valence-electron chi connectivity index (χ4n) is 5.16. The SMILES string of the molecule is NS(=O)(=O)C1=C2OCCCN2N(C(=O)NC2c3ccccc3CC23CCOCC3)C1. The van der Waals surface area contributed by atoms with E-state index in [1.165, 1.54) is 10.6 Å². The first-order valence-corrected chi connectivity index (χ1v) is 11.8. The maximum absolute atomic E-state index is 13.4. The molecule has 10 heteroatoms. The highest BCUT2D eigenvalue weighted by Gasteiger charge is 2.49. The van der Waals surface area contributed by atoms with Gasteiger partial charge in [-0.3, -0.25) is 0 Å². The molecule has 1 spiro atoms. The number of hydrazine groups is 1. The number of amides is 2. The van der Waals surface area contributed by atoms with Crippen LogP contribution in [0.15, 0.2) is 35.1 Å². The Labute approximate surface area is 175 Å². The average molecular weight is 435 g/mol. The molecule has 3 N–H and O–H groups in total. The Morgan fingerprint density at radius 3 is 2.73 bits per heavy atom. The van der Waals surface area contributed by atoms with Crippen molar-refractivity contribution in [2.75, 3.05) is 32.9 Å². The van der Waals surface area contributed by atoms with Gasteiger partial charge in [0, 0.05) is 31.6 Å². The standard InChI is InChI=1S/C20H26N4O5S/c21-30(26,27)16-13-24(23-8-3-9-29-18(16)23)19(25)22-17-15-5-2-1-4-14(15)12-20(17)6-10-28-11-7-20/h1-2,4-5,17H,3,6-13H2,(H,22,25)(H2,21,26,27). The predicted molar refractivity (Wildman–Crippen MR) is 108 cm³/mol. The highest BCUT2D eigenvalue weighted by Crippen LogP contribution is 2.51. The minimum atomic E-state index is -3.97. The zero-order valence-corrected chi connectivity index (χ0v) is 17.5. The molecule has 1 aromatic carbocycles. The van der Waals surface area contributed by atoms with Gasteiger partial charge in [0.25, 0.3) is 0 Å². The molecule has 9 nitrogen and oxygen atoms in total. The van der Waals surface area contributed by atoms with Crippen molar-refractivity contribution in [1.82, 2.24) is 15.3 Å². The van der Waals surface area contributed by atoms with Crippen molar-refractivity contribution in [3.63, 3.8) is 0 Å². The molecule has 2 fully saturated rings. The second-order valence-electron chi connectivity index (χ2n) is 8.39. The maximum Gasteiger partial charge on any atom is 0.337 e. The van der Waals surface area contributed by atoms with Gasteiger partial charge >= 0.3 is 6.03 Å². The predicted octanol–water partition coefficient (Wildman–Crippen LogP) is 1.20. The number of hydrogen-bond donors (Lipinski definition) is 2. The van der Waals surface area contributed by atoms with Crippen LogP contribution in [0.2, 0.25) is 0 Å². The molecule has 1 aromatic rings. The molecule has 5 rings (SSSR count). The zero-order valence-electron chi connectivity index (χ0n) is 16.7. The van der Waals surface area contributed by atoms with E-state index in [0.717, 1.165) is 24.8 Å². The number of carbonyl (C=O) groups excluding carboxylic acids is 1. The van der Waals surface area contributed by atoms with Gasteiger partial charge in [0.2, 0.25) is 15.9 Å². The lowest BCUT2D eigenvalue weighted by molar-refractivity contribution is -0.0308. The summed E-state index contributed by atoms with van der Waals surface area (Å²) in [6.07, 6.45) is 3.33. The summed E-state index contributed by atoms with van der Waals surface area (Å²) in [5, 5.41) is 11.6. The monoisotopic (exact) mass is 434 g/mol. The summed E-state index contributed by atoms with van der Waals surface area (Å²) in [6, 6.07) is 7.70. The number of fused-ring (bicyclic) bond motifs is 2. The van der Waals surface area contributed by atoms with Gasteiger partial charge in [-0.2, -0.15) is 0 Å². The molecule has 1 aliphatic carbocycles. The van der Waals surface area contributed by atoms with Crippen molar-refractivity contribution >= 4 is 16.1 Å². The summed E-state index contributed by atoms with van der Waals surface area (Å²) < 4.78 is 35.3. The van der Waals surface area contributed by atoms with Crippen LogP contribution in [0, 0.1) is 5.41 Å². The summed E-state index contributed by atoms with van der Waals surface area (Å²) >= 11 is 0.